The molecule has 0 saturated heterocycles. The van der Waals surface area contributed by atoms with Gasteiger partial charge in [-0.2, -0.15) is 0 Å². The Hall–Kier alpha value is -1.83. The highest BCUT2D eigenvalue weighted by atomic mass is 19.1. The molecule has 2 heteroatoms. The van der Waals surface area contributed by atoms with Crippen molar-refractivity contribution in [2.75, 3.05) is 5.32 Å². The van der Waals surface area contributed by atoms with Crippen LogP contribution in [0.15, 0.2) is 48.5 Å². The average molecular weight is 283 g/mol. The van der Waals surface area contributed by atoms with E-state index in [0.717, 1.165) is 17.7 Å². The standard InChI is InChI=1S/C19H22FN/c1-14-17(20)11-7-13-18(14)21-19-12-6-5-10-16(19)15-8-3-2-4-9-15/h2-4,7-9,11,13,16,19,21H,5-6,10,12H2,1H3. The maximum atomic E-state index is 13.7. The highest BCUT2D eigenvalue weighted by Crippen LogP contribution is 2.35. The lowest BCUT2D eigenvalue weighted by Gasteiger charge is -2.33. The van der Waals surface area contributed by atoms with E-state index in [1.54, 1.807) is 6.07 Å². The predicted octanol–water partition coefficient (Wildman–Crippen LogP) is 5.27. The highest BCUT2D eigenvalue weighted by Gasteiger charge is 2.26. The number of rotatable bonds is 3. The Morgan fingerprint density at radius 3 is 2.52 bits per heavy atom. The summed E-state index contributed by atoms with van der Waals surface area (Å²) in [6.07, 6.45) is 4.88. The monoisotopic (exact) mass is 283 g/mol. The molecule has 2 aromatic carbocycles. The van der Waals surface area contributed by atoms with Crippen molar-refractivity contribution in [3.8, 4) is 0 Å². The molecule has 2 unspecified atom stereocenters. The zero-order chi connectivity index (χ0) is 14.7. The fourth-order valence-electron chi connectivity index (χ4n) is 3.37. The van der Waals surface area contributed by atoms with Gasteiger partial charge in [-0.05, 0) is 37.5 Å². The summed E-state index contributed by atoms with van der Waals surface area (Å²) in [4.78, 5) is 0. The van der Waals surface area contributed by atoms with E-state index in [2.05, 4.69) is 35.6 Å². The third kappa shape index (κ3) is 3.10. The Labute approximate surface area is 126 Å². The van der Waals surface area contributed by atoms with Crippen molar-refractivity contribution in [2.45, 2.75) is 44.6 Å². The summed E-state index contributed by atoms with van der Waals surface area (Å²) < 4.78 is 13.7. The van der Waals surface area contributed by atoms with Crippen molar-refractivity contribution < 1.29 is 4.39 Å². The molecule has 0 amide bonds. The number of halogens is 1. The molecular formula is C19H22FN. The van der Waals surface area contributed by atoms with E-state index in [1.807, 2.05) is 13.0 Å². The normalized spacial score (nSPS) is 22.0. The van der Waals surface area contributed by atoms with E-state index in [1.165, 1.54) is 30.9 Å². The molecule has 1 fully saturated rings. The molecule has 0 radical (unpaired) electrons. The third-order valence-corrected chi connectivity index (χ3v) is 4.60. The van der Waals surface area contributed by atoms with Crippen molar-refractivity contribution >= 4 is 5.69 Å². The van der Waals surface area contributed by atoms with Gasteiger partial charge in [0, 0.05) is 23.2 Å². The van der Waals surface area contributed by atoms with E-state index in [0.29, 0.717) is 12.0 Å². The van der Waals surface area contributed by atoms with Crippen molar-refractivity contribution in [1.82, 2.24) is 0 Å². The predicted molar refractivity (Wildman–Crippen MR) is 86.2 cm³/mol. The van der Waals surface area contributed by atoms with Gasteiger partial charge in [-0.15, -0.1) is 0 Å². The lowest BCUT2D eigenvalue weighted by Crippen LogP contribution is -2.31. The average Bonchev–Trinajstić information content (AvgIpc) is 2.53. The van der Waals surface area contributed by atoms with Gasteiger partial charge in [-0.1, -0.05) is 49.2 Å². The Balaban J connectivity index is 1.83. The minimum atomic E-state index is -0.132. The SMILES string of the molecule is Cc1c(F)cccc1NC1CCCCC1c1ccccc1. The van der Waals surface area contributed by atoms with Gasteiger partial charge in [0.15, 0.2) is 0 Å². The summed E-state index contributed by atoms with van der Waals surface area (Å²) in [5, 5.41) is 3.60. The first kappa shape index (κ1) is 14.1. The number of benzene rings is 2. The third-order valence-electron chi connectivity index (χ3n) is 4.60. The molecule has 0 spiro atoms. The van der Waals surface area contributed by atoms with Crippen LogP contribution in [0.2, 0.25) is 0 Å². The lowest BCUT2D eigenvalue weighted by molar-refractivity contribution is 0.405. The summed E-state index contributed by atoms with van der Waals surface area (Å²) in [5.41, 5.74) is 3.04. The molecule has 2 aromatic rings. The number of hydrogen-bond donors (Lipinski definition) is 1. The van der Waals surface area contributed by atoms with Crippen LogP contribution >= 0.6 is 0 Å². The Bertz CT molecular complexity index is 594. The van der Waals surface area contributed by atoms with Gasteiger partial charge >= 0.3 is 0 Å². The summed E-state index contributed by atoms with van der Waals surface area (Å²) in [6.45, 7) is 1.85. The Morgan fingerprint density at radius 2 is 1.71 bits per heavy atom. The van der Waals surface area contributed by atoms with E-state index in [4.69, 9.17) is 0 Å². The largest absolute Gasteiger partial charge is 0.381 e. The van der Waals surface area contributed by atoms with Gasteiger partial charge in [0.25, 0.3) is 0 Å². The van der Waals surface area contributed by atoms with Crippen LogP contribution < -0.4 is 5.32 Å². The minimum absolute atomic E-state index is 0.132. The molecule has 21 heavy (non-hydrogen) atoms. The first-order chi connectivity index (χ1) is 10.3. The molecule has 0 bridgehead atoms. The quantitative estimate of drug-likeness (QED) is 0.809. The van der Waals surface area contributed by atoms with Gasteiger partial charge in [0.05, 0.1) is 0 Å². The maximum absolute atomic E-state index is 13.7. The number of anilines is 1. The highest BCUT2D eigenvalue weighted by molar-refractivity contribution is 5.52. The molecule has 0 aliphatic heterocycles. The van der Waals surface area contributed by atoms with E-state index in [9.17, 15) is 4.39 Å². The first-order valence-electron chi connectivity index (χ1n) is 7.82. The number of hydrogen-bond acceptors (Lipinski definition) is 1. The van der Waals surface area contributed by atoms with Gasteiger partial charge in [-0.3, -0.25) is 0 Å². The second-order valence-corrected chi connectivity index (χ2v) is 5.96. The van der Waals surface area contributed by atoms with Crippen LogP contribution in [0, 0.1) is 12.7 Å². The molecular weight excluding hydrogens is 261 g/mol. The van der Waals surface area contributed by atoms with Gasteiger partial charge in [0.2, 0.25) is 0 Å². The zero-order valence-electron chi connectivity index (χ0n) is 12.5. The Kier molecular flexibility index (Phi) is 4.23. The molecule has 1 aliphatic carbocycles. The van der Waals surface area contributed by atoms with Crippen LogP contribution in [-0.4, -0.2) is 6.04 Å². The minimum Gasteiger partial charge on any atom is -0.381 e. The molecule has 0 heterocycles. The molecule has 0 aromatic heterocycles. The van der Waals surface area contributed by atoms with Crippen LogP contribution in [0.3, 0.4) is 0 Å². The summed E-state index contributed by atoms with van der Waals surface area (Å²) >= 11 is 0. The summed E-state index contributed by atoms with van der Waals surface area (Å²) in [7, 11) is 0. The summed E-state index contributed by atoms with van der Waals surface area (Å²) in [5.74, 6) is 0.384. The van der Waals surface area contributed by atoms with Gasteiger partial charge in [-0.25, -0.2) is 4.39 Å². The van der Waals surface area contributed by atoms with Crippen LogP contribution in [0.1, 0.15) is 42.7 Å². The second kappa shape index (κ2) is 6.30. The first-order valence-corrected chi connectivity index (χ1v) is 7.82. The van der Waals surface area contributed by atoms with Crippen LogP contribution in [0.25, 0.3) is 0 Å². The number of nitrogens with one attached hydrogen (secondary N) is 1. The Morgan fingerprint density at radius 1 is 0.952 bits per heavy atom. The molecule has 3 rings (SSSR count). The second-order valence-electron chi connectivity index (χ2n) is 5.96. The van der Waals surface area contributed by atoms with Crippen molar-refractivity contribution in [3.05, 3.63) is 65.5 Å². The van der Waals surface area contributed by atoms with Crippen molar-refractivity contribution in [2.24, 2.45) is 0 Å². The van der Waals surface area contributed by atoms with E-state index in [-0.39, 0.29) is 5.82 Å². The molecule has 1 aliphatic rings. The zero-order valence-corrected chi connectivity index (χ0v) is 12.5. The fourth-order valence-corrected chi connectivity index (χ4v) is 3.37. The molecule has 1 saturated carbocycles. The van der Waals surface area contributed by atoms with E-state index >= 15 is 0 Å². The molecule has 1 nitrogen and oxygen atoms in total. The van der Waals surface area contributed by atoms with Crippen LogP contribution in [0.5, 0.6) is 0 Å². The lowest BCUT2D eigenvalue weighted by atomic mass is 9.80. The smallest absolute Gasteiger partial charge is 0.128 e. The van der Waals surface area contributed by atoms with Crippen LogP contribution in [-0.2, 0) is 0 Å². The van der Waals surface area contributed by atoms with Gasteiger partial charge in [0.1, 0.15) is 5.82 Å². The maximum Gasteiger partial charge on any atom is 0.128 e. The fraction of sp³-hybridized carbons (Fsp3) is 0.368. The molecule has 2 atom stereocenters. The van der Waals surface area contributed by atoms with Crippen molar-refractivity contribution in [1.29, 1.82) is 0 Å². The summed E-state index contributed by atoms with van der Waals surface area (Å²) in [6, 6.07) is 16.4. The van der Waals surface area contributed by atoms with E-state index < -0.39 is 0 Å². The topological polar surface area (TPSA) is 12.0 Å². The van der Waals surface area contributed by atoms with Gasteiger partial charge < -0.3 is 5.32 Å². The molecule has 110 valence electrons. The van der Waals surface area contributed by atoms with Crippen molar-refractivity contribution in [3.63, 3.8) is 0 Å². The molecule has 1 N–H and O–H groups in total. The van der Waals surface area contributed by atoms with Crippen LogP contribution in [0.4, 0.5) is 10.1 Å².